The van der Waals surface area contributed by atoms with E-state index < -0.39 is 38.8 Å². The van der Waals surface area contributed by atoms with E-state index in [1.54, 1.807) is 20.0 Å². The van der Waals surface area contributed by atoms with Crippen LogP contribution in [0.3, 0.4) is 0 Å². The first-order valence-corrected chi connectivity index (χ1v) is 20.2. The summed E-state index contributed by atoms with van der Waals surface area (Å²) in [6.45, 7) is 21.7. The quantitative estimate of drug-likeness (QED) is 0.0437. The van der Waals surface area contributed by atoms with Crippen LogP contribution in [0, 0.1) is 29.6 Å². The Kier molecular flexibility index (Phi) is 18.9. The fraction of sp³-hybridized carbons (Fsp3) is 0.676. The lowest BCUT2D eigenvalue weighted by Crippen LogP contribution is -2.45. The highest BCUT2D eigenvalue weighted by atomic mass is 28.4. The predicted octanol–water partition coefficient (Wildman–Crippen LogP) is 4.69. The number of nitrogens with one attached hydrogen (secondary N) is 6. The number of alkyl carbamates (subject to hydrolysis) is 1. The predicted molar refractivity (Wildman–Crippen MR) is 198 cm³/mol. The number of rotatable bonds is 21. The molecule has 0 aliphatic carbocycles. The van der Waals surface area contributed by atoms with Crippen molar-refractivity contribution in [3.63, 3.8) is 0 Å². The molecule has 0 aliphatic heterocycles. The normalized spacial score (nSPS) is 12.7. The van der Waals surface area contributed by atoms with Crippen LogP contribution < -0.4 is 32.1 Å². The number of anilines is 1. The van der Waals surface area contributed by atoms with Crippen LogP contribution in [-0.2, 0) is 23.1 Å². The van der Waals surface area contributed by atoms with Crippen LogP contribution >= 0.6 is 0 Å². The third-order valence-electron chi connectivity index (χ3n) is 7.61. The summed E-state index contributed by atoms with van der Waals surface area (Å²) in [4.78, 5) is 78.2. The molecular formula is C34H59N7O10Si. The van der Waals surface area contributed by atoms with Gasteiger partial charge >= 0.3 is 38.8 Å². The van der Waals surface area contributed by atoms with Gasteiger partial charge in [0.25, 0.3) is 5.56 Å². The Morgan fingerprint density at radius 2 is 1.48 bits per heavy atom. The number of amides is 5. The molecule has 1 heterocycles. The SMILES string of the molecule is C=CC(=O)OCCOC(=O)NCC(C)(C)CC(C)CCNC(=O)O[Si](C)(C)OC(=O)NCCC(C)(C)CC(C)CNC(=O)Nc1nc(C)cc(=O)[nH]1. The lowest BCUT2D eigenvalue weighted by molar-refractivity contribution is -0.138. The van der Waals surface area contributed by atoms with Crippen molar-refractivity contribution in [3.8, 4) is 0 Å². The molecule has 0 bridgehead atoms. The van der Waals surface area contributed by atoms with Crippen LogP contribution in [0.2, 0.25) is 13.1 Å². The van der Waals surface area contributed by atoms with Gasteiger partial charge in [-0.15, -0.1) is 0 Å². The average Bonchev–Trinajstić information content (AvgIpc) is 2.99. The molecule has 0 aromatic carbocycles. The largest absolute Gasteiger partial charge is 0.469 e. The maximum atomic E-state index is 12.5. The molecule has 0 radical (unpaired) electrons. The molecule has 2 atom stereocenters. The van der Waals surface area contributed by atoms with E-state index in [4.69, 9.17) is 18.3 Å². The van der Waals surface area contributed by atoms with Crippen molar-refractivity contribution in [1.29, 1.82) is 0 Å². The smallest absolute Gasteiger partial charge is 0.460 e. The highest BCUT2D eigenvalue weighted by Crippen LogP contribution is 2.29. The summed E-state index contributed by atoms with van der Waals surface area (Å²) in [6.07, 6.45) is 1.90. The van der Waals surface area contributed by atoms with E-state index in [-0.39, 0.29) is 47.4 Å². The zero-order valence-corrected chi connectivity index (χ0v) is 33.1. The van der Waals surface area contributed by atoms with Crippen molar-refractivity contribution in [2.24, 2.45) is 22.7 Å². The van der Waals surface area contributed by atoms with Crippen LogP contribution in [0.25, 0.3) is 0 Å². The second-order valence-electron chi connectivity index (χ2n) is 14.9. The first kappa shape index (κ1) is 45.4. The molecule has 294 valence electrons. The van der Waals surface area contributed by atoms with Crippen molar-refractivity contribution in [2.75, 3.05) is 44.7 Å². The van der Waals surface area contributed by atoms with Crippen LogP contribution in [0.4, 0.5) is 25.1 Å². The van der Waals surface area contributed by atoms with Gasteiger partial charge in [0.15, 0.2) is 0 Å². The van der Waals surface area contributed by atoms with E-state index in [1.165, 1.54) is 6.07 Å². The topological polar surface area (TPSA) is 228 Å². The number of carbonyl (C=O) groups excluding carboxylic acids is 5. The number of hydrogen-bond donors (Lipinski definition) is 6. The summed E-state index contributed by atoms with van der Waals surface area (Å²) in [5.74, 6) is -0.192. The van der Waals surface area contributed by atoms with Gasteiger partial charge in [-0.25, -0.2) is 29.0 Å². The Morgan fingerprint density at radius 3 is 2.10 bits per heavy atom. The molecule has 0 fully saturated rings. The number of aromatic amines is 1. The molecule has 0 saturated carbocycles. The molecule has 5 amide bonds. The van der Waals surface area contributed by atoms with Crippen molar-refractivity contribution >= 4 is 44.8 Å². The zero-order chi connectivity index (χ0) is 39.5. The minimum absolute atomic E-state index is 0.0577. The number of carbonyl (C=O) groups is 5. The number of ether oxygens (including phenoxy) is 2. The van der Waals surface area contributed by atoms with Gasteiger partial charge in [0, 0.05) is 57.1 Å². The minimum atomic E-state index is -3.14. The number of urea groups is 1. The molecule has 0 saturated heterocycles. The maximum absolute atomic E-state index is 12.5. The van der Waals surface area contributed by atoms with Gasteiger partial charge < -0.3 is 39.6 Å². The Hall–Kier alpha value is -4.61. The van der Waals surface area contributed by atoms with Gasteiger partial charge in [-0.1, -0.05) is 48.1 Å². The van der Waals surface area contributed by atoms with Crippen LogP contribution in [-0.4, -0.2) is 88.2 Å². The molecule has 17 nitrogen and oxygen atoms in total. The molecule has 6 N–H and O–H groups in total. The van der Waals surface area contributed by atoms with E-state index in [0.29, 0.717) is 44.7 Å². The van der Waals surface area contributed by atoms with Crippen molar-refractivity contribution in [1.82, 2.24) is 31.2 Å². The second kappa shape index (κ2) is 21.7. The lowest BCUT2D eigenvalue weighted by Gasteiger charge is -2.29. The molecule has 1 aromatic heterocycles. The minimum Gasteiger partial charge on any atom is -0.469 e. The maximum Gasteiger partial charge on any atom is 0.460 e. The van der Waals surface area contributed by atoms with E-state index in [2.05, 4.69) is 57.0 Å². The van der Waals surface area contributed by atoms with Gasteiger partial charge in [0.2, 0.25) is 5.95 Å². The molecule has 1 aromatic rings. The molecule has 18 heteroatoms. The number of hydrogen-bond acceptors (Lipinski definition) is 11. The molecule has 1 rings (SSSR count). The number of H-pyrrole nitrogens is 1. The van der Waals surface area contributed by atoms with Crippen LogP contribution in [0.5, 0.6) is 0 Å². The number of aromatic nitrogens is 2. The molecule has 0 spiro atoms. The first-order valence-electron chi connectivity index (χ1n) is 17.4. The summed E-state index contributed by atoms with van der Waals surface area (Å²) >= 11 is 0. The number of nitrogens with zero attached hydrogens (tertiary/aromatic N) is 1. The highest BCUT2D eigenvalue weighted by molar-refractivity contribution is 6.67. The third kappa shape index (κ3) is 21.6. The standard InChI is InChI=1S/C34H59N7O10Si/c1-11-27(43)48-16-17-49-30(45)38-22-34(7,8)19-23(2)12-14-35-31(46)50-52(9,10)51-32(47)36-15-13-33(5,6)20-24(3)21-37-29(44)41-28-39-25(4)18-26(42)40-28/h11,18,23-24H,1,12-17,19-22H2,2-10H3,(H,35,46)(H,36,47)(H,38,45)(H3,37,39,40,41,42,44). The number of aryl methyl sites for hydroxylation is 1. The van der Waals surface area contributed by atoms with Gasteiger partial charge in [-0.2, -0.15) is 0 Å². The van der Waals surface area contributed by atoms with Crippen molar-refractivity contribution in [2.45, 2.75) is 87.2 Å². The highest BCUT2D eigenvalue weighted by Gasteiger charge is 2.34. The lowest BCUT2D eigenvalue weighted by atomic mass is 9.80. The Balaban J connectivity index is 2.30. The summed E-state index contributed by atoms with van der Waals surface area (Å²) in [6, 6.07) is 0.853. The Labute approximate surface area is 307 Å². The van der Waals surface area contributed by atoms with Gasteiger partial charge in [0.05, 0.1) is 0 Å². The van der Waals surface area contributed by atoms with Crippen LogP contribution in [0.15, 0.2) is 23.5 Å². The molecular weight excluding hydrogens is 694 g/mol. The van der Waals surface area contributed by atoms with Gasteiger partial charge in [-0.3, -0.25) is 15.1 Å². The summed E-state index contributed by atoms with van der Waals surface area (Å²) < 4.78 is 20.7. The first-order chi connectivity index (χ1) is 24.1. The molecule has 2 unspecified atom stereocenters. The van der Waals surface area contributed by atoms with E-state index in [9.17, 15) is 28.8 Å². The third-order valence-corrected chi connectivity index (χ3v) is 8.96. The van der Waals surface area contributed by atoms with E-state index in [1.807, 2.05) is 27.7 Å². The summed E-state index contributed by atoms with van der Waals surface area (Å²) in [5, 5.41) is 13.5. The summed E-state index contributed by atoms with van der Waals surface area (Å²) in [7, 11) is -3.14. The van der Waals surface area contributed by atoms with E-state index in [0.717, 1.165) is 18.9 Å². The van der Waals surface area contributed by atoms with Gasteiger partial charge in [-0.05, 0) is 55.3 Å². The second-order valence-corrected chi connectivity index (χ2v) is 18.2. The van der Waals surface area contributed by atoms with Crippen LogP contribution in [0.1, 0.15) is 72.9 Å². The van der Waals surface area contributed by atoms with Gasteiger partial charge in [0.1, 0.15) is 13.2 Å². The molecule has 52 heavy (non-hydrogen) atoms. The Bertz CT molecular complexity index is 1420. The monoisotopic (exact) mass is 753 g/mol. The van der Waals surface area contributed by atoms with Crippen molar-refractivity contribution < 1.29 is 42.3 Å². The Morgan fingerprint density at radius 1 is 0.885 bits per heavy atom. The van der Waals surface area contributed by atoms with E-state index >= 15 is 0 Å². The summed E-state index contributed by atoms with van der Waals surface area (Å²) in [5.41, 5.74) is -0.287. The fourth-order valence-electron chi connectivity index (χ4n) is 5.45. The number of esters is 1. The fourth-order valence-corrected chi connectivity index (χ4v) is 6.53. The zero-order valence-electron chi connectivity index (χ0n) is 32.1. The van der Waals surface area contributed by atoms with Crippen molar-refractivity contribution in [3.05, 3.63) is 34.8 Å². The average molecular weight is 754 g/mol. The molecule has 0 aliphatic rings.